The molecule has 2 aromatic rings. The van der Waals surface area contributed by atoms with Gasteiger partial charge in [0.15, 0.2) is 0 Å². The Balaban J connectivity index is 1.56. The highest BCUT2D eigenvalue weighted by atomic mass is 35.5. The summed E-state index contributed by atoms with van der Waals surface area (Å²) < 4.78 is 34.6. The number of rotatable bonds is 5. The predicted octanol–water partition coefficient (Wildman–Crippen LogP) is 4.54. The van der Waals surface area contributed by atoms with Gasteiger partial charge in [0.1, 0.15) is 17.4 Å². The molecule has 0 aromatic heterocycles. The molecule has 2 aromatic carbocycles. The van der Waals surface area contributed by atoms with Crippen LogP contribution in [0.3, 0.4) is 0 Å². The van der Waals surface area contributed by atoms with Gasteiger partial charge in [-0.1, -0.05) is 11.6 Å². The molecule has 1 aliphatic carbocycles. The minimum absolute atomic E-state index is 0.0181. The van der Waals surface area contributed by atoms with E-state index in [1.54, 1.807) is 29.2 Å². The van der Waals surface area contributed by atoms with Crippen LogP contribution >= 0.6 is 11.6 Å². The Hall–Kier alpha value is -2.87. The van der Waals surface area contributed by atoms with Crippen LogP contribution in [0.4, 0.5) is 19.3 Å². The second kappa shape index (κ2) is 9.32. The highest BCUT2D eigenvalue weighted by molar-refractivity contribution is 6.30. The van der Waals surface area contributed by atoms with E-state index in [0.717, 1.165) is 25.0 Å². The van der Waals surface area contributed by atoms with Gasteiger partial charge < -0.3 is 20.3 Å². The van der Waals surface area contributed by atoms with Crippen LogP contribution in [0.15, 0.2) is 36.4 Å². The third kappa shape index (κ3) is 4.96. The number of nitrogens with zero attached hydrogens (tertiary/aromatic N) is 1. The first-order valence-electron chi connectivity index (χ1n) is 10.5. The Labute approximate surface area is 189 Å². The first kappa shape index (κ1) is 22.3. The number of urea groups is 1. The molecule has 2 N–H and O–H groups in total. The fraction of sp³-hybridized carbons (Fsp3) is 0.391. The van der Waals surface area contributed by atoms with Crippen LogP contribution in [0.5, 0.6) is 5.75 Å². The van der Waals surface area contributed by atoms with Crippen LogP contribution in [0, 0.1) is 17.6 Å². The fourth-order valence-corrected chi connectivity index (χ4v) is 4.26. The molecular formula is C23H24ClF2N3O3. The number of anilines is 1. The van der Waals surface area contributed by atoms with Gasteiger partial charge in [-0.05, 0) is 43.5 Å². The summed E-state index contributed by atoms with van der Waals surface area (Å²) in [6, 6.07) is 7.62. The maximum absolute atomic E-state index is 14.8. The van der Waals surface area contributed by atoms with Crippen molar-refractivity contribution in [2.45, 2.75) is 31.2 Å². The number of amides is 3. The molecule has 3 amide bonds. The van der Waals surface area contributed by atoms with Crippen molar-refractivity contribution in [2.24, 2.45) is 5.92 Å². The van der Waals surface area contributed by atoms with Gasteiger partial charge >= 0.3 is 6.03 Å². The molecule has 0 unspecified atom stereocenters. The zero-order chi connectivity index (χ0) is 22.8. The summed E-state index contributed by atoms with van der Waals surface area (Å²) in [6.07, 6.45) is 2.04. The number of methoxy groups -OCH3 is 1. The first-order chi connectivity index (χ1) is 15.4. The molecule has 0 radical (unpaired) electrons. The van der Waals surface area contributed by atoms with Gasteiger partial charge in [0.05, 0.1) is 13.2 Å². The van der Waals surface area contributed by atoms with Crippen molar-refractivity contribution >= 4 is 29.2 Å². The maximum Gasteiger partial charge on any atom is 0.319 e. The van der Waals surface area contributed by atoms with Crippen molar-refractivity contribution < 1.29 is 23.1 Å². The number of nitrogens with one attached hydrogen (secondary N) is 2. The molecule has 1 saturated heterocycles. The number of hydrogen-bond donors (Lipinski definition) is 2. The zero-order valence-electron chi connectivity index (χ0n) is 17.5. The van der Waals surface area contributed by atoms with Crippen LogP contribution in [-0.4, -0.2) is 43.1 Å². The Kier molecular flexibility index (Phi) is 6.50. The lowest BCUT2D eigenvalue weighted by atomic mass is 9.84. The molecule has 0 spiro atoms. The largest absolute Gasteiger partial charge is 0.497 e. The number of carbonyl (C=O) groups is 2. The van der Waals surface area contributed by atoms with E-state index in [0.29, 0.717) is 23.7 Å². The van der Waals surface area contributed by atoms with Gasteiger partial charge in [-0.2, -0.15) is 0 Å². The quantitative estimate of drug-likeness (QED) is 0.683. The maximum atomic E-state index is 14.8. The molecule has 0 bridgehead atoms. The summed E-state index contributed by atoms with van der Waals surface area (Å²) >= 11 is 5.87. The third-order valence-electron chi connectivity index (χ3n) is 5.93. The zero-order valence-corrected chi connectivity index (χ0v) is 18.3. The van der Waals surface area contributed by atoms with E-state index >= 15 is 0 Å². The highest BCUT2D eigenvalue weighted by Gasteiger charge is 2.40. The number of piperidine rings is 1. The molecule has 4 rings (SSSR count). The molecule has 2 fully saturated rings. The van der Waals surface area contributed by atoms with Crippen molar-refractivity contribution in [3.05, 3.63) is 58.6 Å². The second-order valence-electron chi connectivity index (χ2n) is 8.17. The van der Waals surface area contributed by atoms with Gasteiger partial charge in [-0.25, -0.2) is 13.6 Å². The summed E-state index contributed by atoms with van der Waals surface area (Å²) in [5.41, 5.74) is 0.410. The Morgan fingerprint density at radius 2 is 1.75 bits per heavy atom. The second-order valence-corrected chi connectivity index (χ2v) is 8.61. The van der Waals surface area contributed by atoms with Gasteiger partial charge in [0.2, 0.25) is 5.91 Å². The first-order valence-corrected chi connectivity index (χ1v) is 10.9. The fourth-order valence-electron chi connectivity index (χ4n) is 4.13. The standard InChI is InChI=1S/C23H24ClF2N3O3/c1-32-16-10-18(25)21(19(26)11-16)17-8-9-29(22(30)13-2-3-13)12-20(17)28-23(31)27-15-6-4-14(24)5-7-15/h4-7,10-11,13,17,20H,2-3,8-9,12H2,1H3,(H2,27,28,31)/t17-,20-/m0/s1. The SMILES string of the molecule is COc1cc(F)c([C@H]2CCN(C(=O)C3CC3)C[C@@H]2NC(=O)Nc2ccc(Cl)cc2)c(F)c1. The van der Waals surface area contributed by atoms with E-state index in [2.05, 4.69) is 10.6 Å². The number of benzene rings is 2. The molecule has 1 heterocycles. The summed E-state index contributed by atoms with van der Waals surface area (Å²) in [4.78, 5) is 26.9. The monoisotopic (exact) mass is 463 g/mol. The van der Waals surface area contributed by atoms with Crippen LogP contribution < -0.4 is 15.4 Å². The Morgan fingerprint density at radius 3 is 2.34 bits per heavy atom. The average molecular weight is 464 g/mol. The third-order valence-corrected chi connectivity index (χ3v) is 6.18. The topological polar surface area (TPSA) is 70.7 Å². The van der Waals surface area contributed by atoms with E-state index < -0.39 is 29.6 Å². The van der Waals surface area contributed by atoms with E-state index in [-0.39, 0.29) is 29.7 Å². The lowest BCUT2D eigenvalue weighted by molar-refractivity contribution is -0.134. The molecular weight excluding hydrogens is 440 g/mol. The minimum atomic E-state index is -0.737. The molecule has 9 heteroatoms. The summed E-state index contributed by atoms with van der Waals surface area (Å²) in [5, 5.41) is 6.04. The van der Waals surface area contributed by atoms with E-state index in [9.17, 15) is 18.4 Å². The van der Waals surface area contributed by atoms with Crippen LogP contribution in [0.1, 0.15) is 30.7 Å². The number of halogens is 3. The molecule has 1 aliphatic heterocycles. The summed E-state index contributed by atoms with van der Waals surface area (Å²) in [5.74, 6) is -1.98. The van der Waals surface area contributed by atoms with Gasteiger partial charge in [-0.15, -0.1) is 0 Å². The predicted molar refractivity (Wildman–Crippen MR) is 117 cm³/mol. The number of likely N-dealkylation sites (tertiary alicyclic amines) is 1. The van der Waals surface area contributed by atoms with Crippen molar-refractivity contribution in [2.75, 3.05) is 25.5 Å². The molecule has 1 saturated carbocycles. The molecule has 2 atom stereocenters. The van der Waals surface area contributed by atoms with Crippen LogP contribution in [-0.2, 0) is 4.79 Å². The lowest BCUT2D eigenvalue weighted by Crippen LogP contribution is -2.54. The number of carbonyl (C=O) groups excluding carboxylic acids is 2. The van der Waals surface area contributed by atoms with Crippen molar-refractivity contribution in [1.29, 1.82) is 0 Å². The Morgan fingerprint density at radius 1 is 1.09 bits per heavy atom. The van der Waals surface area contributed by atoms with E-state index in [1.807, 2.05) is 0 Å². The van der Waals surface area contributed by atoms with Gasteiger partial charge in [0, 0.05) is 53.3 Å². The van der Waals surface area contributed by atoms with Crippen molar-refractivity contribution in [1.82, 2.24) is 10.2 Å². The average Bonchev–Trinajstić information content (AvgIpc) is 3.60. The summed E-state index contributed by atoms with van der Waals surface area (Å²) in [7, 11) is 1.33. The minimum Gasteiger partial charge on any atom is -0.497 e. The van der Waals surface area contributed by atoms with Crippen LogP contribution in [0.25, 0.3) is 0 Å². The van der Waals surface area contributed by atoms with E-state index in [4.69, 9.17) is 16.3 Å². The molecule has 170 valence electrons. The van der Waals surface area contributed by atoms with Crippen molar-refractivity contribution in [3.63, 3.8) is 0 Å². The molecule has 6 nitrogen and oxygen atoms in total. The molecule has 2 aliphatic rings. The molecule has 32 heavy (non-hydrogen) atoms. The van der Waals surface area contributed by atoms with Crippen LogP contribution in [0.2, 0.25) is 5.02 Å². The smallest absolute Gasteiger partial charge is 0.319 e. The lowest BCUT2D eigenvalue weighted by Gasteiger charge is -2.39. The summed E-state index contributed by atoms with van der Waals surface area (Å²) in [6.45, 7) is 0.556. The van der Waals surface area contributed by atoms with E-state index in [1.165, 1.54) is 7.11 Å². The normalized spacial score (nSPS) is 20.6. The Bertz CT molecular complexity index is 991. The highest BCUT2D eigenvalue weighted by Crippen LogP contribution is 2.37. The number of hydrogen-bond acceptors (Lipinski definition) is 3. The van der Waals surface area contributed by atoms with Gasteiger partial charge in [-0.3, -0.25) is 4.79 Å². The number of ether oxygens (including phenoxy) is 1. The van der Waals surface area contributed by atoms with Crippen molar-refractivity contribution in [3.8, 4) is 5.75 Å². The van der Waals surface area contributed by atoms with Gasteiger partial charge in [0.25, 0.3) is 0 Å².